The van der Waals surface area contributed by atoms with Crippen LogP contribution in [0.2, 0.25) is 0 Å². The number of nitrogens with one attached hydrogen (secondary N) is 2. The third-order valence-corrected chi connectivity index (χ3v) is 3.21. The molecule has 150 valence electrons. The number of hydrogen-bond donors (Lipinski definition) is 2. The van der Waals surface area contributed by atoms with Gasteiger partial charge in [0.25, 0.3) is 5.91 Å². The highest BCUT2D eigenvalue weighted by Crippen LogP contribution is 2.24. The summed E-state index contributed by atoms with van der Waals surface area (Å²) in [5.41, 5.74) is 0.227. The van der Waals surface area contributed by atoms with Gasteiger partial charge in [0.1, 0.15) is 5.75 Å². The van der Waals surface area contributed by atoms with Gasteiger partial charge in [0.15, 0.2) is 6.10 Å². The second-order valence-corrected chi connectivity index (χ2v) is 5.44. The zero-order valence-corrected chi connectivity index (χ0v) is 14.7. The fourth-order valence-corrected chi connectivity index (χ4v) is 1.96. The normalized spacial score (nSPS) is 12.0. The standard InChI is InChI=1S/C17H17F3N4O4/c1-11(27-14(25)7-10-23-16-21-8-2-9-22-16)15(26)24-12-3-5-13(6-4-12)28-17(18,19)20/h2-6,8-9,11H,7,10H2,1H3,(H,24,26)(H,21,22,23). The quantitative estimate of drug-likeness (QED) is 0.659. The van der Waals surface area contributed by atoms with Crippen LogP contribution in [0.1, 0.15) is 13.3 Å². The van der Waals surface area contributed by atoms with Crippen LogP contribution in [0, 0.1) is 0 Å². The van der Waals surface area contributed by atoms with Gasteiger partial charge in [-0.3, -0.25) is 9.59 Å². The monoisotopic (exact) mass is 398 g/mol. The summed E-state index contributed by atoms with van der Waals surface area (Å²) in [6.07, 6.45) is -2.82. The number of alkyl halides is 3. The van der Waals surface area contributed by atoms with Gasteiger partial charge in [-0.2, -0.15) is 0 Å². The molecule has 1 aromatic heterocycles. The third kappa shape index (κ3) is 7.48. The van der Waals surface area contributed by atoms with Crippen LogP contribution < -0.4 is 15.4 Å². The Bertz CT molecular complexity index is 785. The average molecular weight is 398 g/mol. The molecule has 0 saturated heterocycles. The van der Waals surface area contributed by atoms with Gasteiger partial charge in [0.05, 0.1) is 6.42 Å². The summed E-state index contributed by atoms with van der Waals surface area (Å²) in [4.78, 5) is 31.6. The molecule has 0 saturated carbocycles. The highest BCUT2D eigenvalue weighted by Gasteiger charge is 2.31. The lowest BCUT2D eigenvalue weighted by Gasteiger charge is -2.14. The van der Waals surface area contributed by atoms with E-state index in [1.165, 1.54) is 19.1 Å². The van der Waals surface area contributed by atoms with Crippen LogP contribution in [0.5, 0.6) is 5.75 Å². The van der Waals surface area contributed by atoms with Gasteiger partial charge < -0.3 is 20.1 Å². The van der Waals surface area contributed by atoms with Gasteiger partial charge >= 0.3 is 12.3 Å². The molecule has 11 heteroatoms. The van der Waals surface area contributed by atoms with E-state index in [1.807, 2.05) is 0 Å². The van der Waals surface area contributed by atoms with E-state index in [0.717, 1.165) is 12.1 Å². The molecule has 28 heavy (non-hydrogen) atoms. The smallest absolute Gasteiger partial charge is 0.452 e. The van der Waals surface area contributed by atoms with Crippen LogP contribution in [0.25, 0.3) is 0 Å². The Labute approximate surface area is 158 Å². The summed E-state index contributed by atoms with van der Waals surface area (Å²) in [6.45, 7) is 1.60. The zero-order chi connectivity index (χ0) is 20.6. The molecule has 1 atom stereocenters. The lowest BCUT2D eigenvalue weighted by atomic mass is 10.3. The van der Waals surface area contributed by atoms with E-state index in [-0.39, 0.29) is 18.7 Å². The van der Waals surface area contributed by atoms with Crippen molar-refractivity contribution in [3.63, 3.8) is 0 Å². The Balaban J connectivity index is 1.75. The first kappa shape index (κ1) is 20.9. The minimum atomic E-state index is -4.80. The van der Waals surface area contributed by atoms with E-state index in [9.17, 15) is 22.8 Å². The average Bonchev–Trinajstić information content (AvgIpc) is 2.63. The van der Waals surface area contributed by atoms with Crippen LogP contribution in [0.15, 0.2) is 42.7 Å². The molecule has 0 fully saturated rings. The minimum Gasteiger partial charge on any atom is -0.452 e. The molecule has 0 aliphatic heterocycles. The van der Waals surface area contributed by atoms with Gasteiger partial charge in [-0.15, -0.1) is 13.2 Å². The Morgan fingerprint density at radius 2 is 1.79 bits per heavy atom. The molecule has 1 heterocycles. The summed E-state index contributed by atoms with van der Waals surface area (Å²) < 4.78 is 45.1. The van der Waals surface area contributed by atoms with Crippen molar-refractivity contribution in [3.8, 4) is 5.75 Å². The molecule has 2 rings (SSSR count). The molecule has 2 aromatic rings. The van der Waals surface area contributed by atoms with Crippen LogP contribution in [-0.2, 0) is 14.3 Å². The summed E-state index contributed by atoms with van der Waals surface area (Å²) >= 11 is 0. The summed E-state index contributed by atoms with van der Waals surface area (Å²) in [6, 6.07) is 6.22. The van der Waals surface area contributed by atoms with E-state index in [0.29, 0.717) is 5.95 Å². The number of nitrogens with zero attached hydrogens (tertiary/aromatic N) is 2. The van der Waals surface area contributed by atoms with Crippen molar-refractivity contribution < 1.29 is 32.2 Å². The molecule has 0 bridgehead atoms. The number of halogens is 3. The van der Waals surface area contributed by atoms with Gasteiger partial charge in [-0.05, 0) is 37.3 Å². The number of esters is 1. The molecule has 8 nitrogen and oxygen atoms in total. The maximum absolute atomic E-state index is 12.1. The maximum atomic E-state index is 12.1. The van der Waals surface area contributed by atoms with Crippen molar-refractivity contribution in [1.29, 1.82) is 0 Å². The Morgan fingerprint density at radius 1 is 1.14 bits per heavy atom. The number of amides is 1. The SMILES string of the molecule is CC(OC(=O)CCNc1ncccn1)C(=O)Nc1ccc(OC(F)(F)F)cc1. The van der Waals surface area contributed by atoms with E-state index < -0.39 is 30.1 Å². The number of carbonyl (C=O) groups is 2. The number of aromatic nitrogens is 2. The molecule has 0 spiro atoms. The lowest BCUT2D eigenvalue weighted by molar-refractivity contribution is -0.274. The predicted octanol–water partition coefficient (Wildman–Crippen LogP) is 2.75. The van der Waals surface area contributed by atoms with Crippen LogP contribution in [-0.4, -0.2) is 40.9 Å². The van der Waals surface area contributed by atoms with E-state index in [1.54, 1.807) is 18.5 Å². The number of anilines is 2. The third-order valence-electron chi connectivity index (χ3n) is 3.21. The molecule has 0 aliphatic rings. The number of rotatable bonds is 8. The van der Waals surface area contributed by atoms with Gasteiger partial charge in [0.2, 0.25) is 5.95 Å². The van der Waals surface area contributed by atoms with Crippen LogP contribution in [0.4, 0.5) is 24.8 Å². The Hall–Kier alpha value is -3.37. The van der Waals surface area contributed by atoms with E-state index in [4.69, 9.17) is 4.74 Å². The summed E-state index contributed by atoms with van der Waals surface area (Å²) in [7, 11) is 0. The summed E-state index contributed by atoms with van der Waals surface area (Å²) in [5, 5.41) is 5.25. The van der Waals surface area contributed by atoms with Gasteiger partial charge in [-0.1, -0.05) is 0 Å². The van der Waals surface area contributed by atoms with Crippen molar-refractivity contribution >= 4 is 23.5 Å². The molecule has 0 aliphatic carbocycles. The molecule has 0 radical (unpaired) electrons. The van der Waals surface area contributed by atoms with Crippen LogP contribution in [0.3, 0.4) is 0 Å². The maximum Gasteiger partial charge on any atom is 0.573 e. The first-order valence-electron chi connectivity index (χ1n) is 8.10. The summed E-state index contributed by atoms with van der Waals surface area (Å²) in [5.74, 6) is -1.30. The zero-order valence-electron chi connectivity index (χ0n) is 14.7. The molecule has 1 aromatic carbocycles. The van der Waals surface area contributed by atoms with E-state index >= 15 is 0 Å². The van der Waals surface area contributed by atoms with Crippen molar-refractivity contribution in [1.82, 2.24) is 9.97 Å². The van der Waals surface area contributed by atoms with E-state index in [2.05, 4.69) is 25.3 Å². The Morgan fingerprint density at radius 3 is 2.39 bits per heavy atom. The molecular formula is C17H17F3N4O4. The largest absolute Gasteiger partial charge is 0.573 e. The second-order valence-electron chi connectivity index (χ2n) is 5.44. The highest BCUT2D eigenvalue weighted by molar-refractivity contribution is 5.95. The number of benzene rings is 1. The number of carbonyl (C=O) groups excluding carboxylic acids is 2. The lowest BCUT2D eigenvalue weighted by Crippen LogP contribution is -2.30. The first-order chi connectivity index (χ1) is 13.2. The van der Waals surface area contributed by atoms with Crippen molar-refractivity contribution in [2.75, 3.05) is 17.2 Å². The van der Waals surface area contributed by atoms with Crippen LogP contribution >= 0.6 is 0 Å². The highest BCUT2D eigenvalue weighted by atomic mass is 19.4. The molecule has 1 unspecified atom stereocenters. The Kier molecular flexibility index (Phi) is 7.13. The molecular weight excluding hydrogens is 381 g/mol. The fraction of sp³-hybridized carbons (Fsp3) is 0.294. The predicted molar refractivity (Wildman–Crippen MR) is 92.4 cm³/mol. The van der Waals surface area contributed by atoms with Crippen molar-refractivity contribution in [3.05, 3.63) is 42.7 Å². The van der Waals surface area contributed by atoms with Crippen molar-refractivity contribution in [2.45, 2.75) is 25.8 Å². The topological polar surface area (TPSA) is 102 Å². The van der Waals surface area contributed by atoms with Gasteiger partial charge in [0, 0.05) is 24.6 Å². The van der Waals surface area contributed by atoms with Gasteiger partial charge in [-0.25, -0.2) is 9.97 Å². The molecule has 1 amide bonds. The van der Waals surface area contributed by atoms with Crippen molar-refractivity contribution in [2.24, 2.45) is 0 Å². The first-order valence-corrected chi connectivity index (χ1v) is 8.10. The number of ether oxygens (including phenoxy) is 2. The second kappa shape index (κ2) is 9.53. The molecule has 2 N–H and O–H groups in total. The minimum absolute atomic E-state index is 0.0145. The fourth-order valence-electron chi connectivity index (χ4n) is 1.96. The number of hydrogen-bond acceptors (Lipinski definition) is 7.